The quantitative estimate of drug-likeness (QED) is 0.425. The number of nitrogens with one attached hydrogen (secondary N) is 2. The second-order valence-corrected chi connectivity index (χ2v) is 6.44. The first-order chi connectivity index (χ1) is 10.1. The Morgan fingerprint density at radius 2 is 2.33 bits per heavy atom. The molecule has 4 N–H and O–H groups in total. The molecule has 6 heteroatoms. The Bertz CT molecular complexity index is 493. The molecule has 0 aliphatic carbocycles. The number of carbonyl (C=O) groups is 1. The minimum atomic E-state index is -0.269. The molecule has 1 atom stereocenters. The molecule has 1 aliphatic heterocycles. The highest BCUT2D eigenvalue weighted by molar-refractivity contribution is 9.10. The number of halogens is 1. The number of nitrogen functional groups attached to an aromatic ring is 1. The number of likely N-dealkylation sites (tertiary alicyclic amines) is 1. The van der Waals surface area contributed by atoms with E-state index in [2.05, 4.69) is 31.6 Å². The summed E-state index contributed by atoms with van der Waals surface area (Å²) in [4.78, 5) is 14.0. The minimum absolute atomic E-state index is 0.269. The van der Waals surface area contributed by atoms with Gasteiger partial charge in [0.15, 0.2) is 0 Å². The fourth-order valence-corrected chi connectivity index (χ4v) is 3.40. The van der Waals surface area contributed by atoms with E-state index in [0.717, 1.165) is 36.6 Å². The number of hydrogen-bond donors (Lipinski definition) is 3. The van der Waals surface area contributed by atoms with Crippen molar-refractivity contribution in [1.29, 1.82) is 0 Å². The van der Waals surface area contributed by atoms with Crippen LogP contribution < -0.4 is 16.6 Å². The molecule has 1 unspecified atom stereocenters. The Labute approximate surface area is 134 Å². The molecule has 116 valence electrons. The second kappa shape index (κ2) is 7.89. The highest BCUT2D eigenvalue weighted by atomic mass is 79.9. The molecule has 1 heterocycles. The molecular weight excluding hydrogens is 332 g/mol. The number of carbonyl (C=O) groups excluding carboxylic acids is 1. The summed E-state index contributed by atoms with van der Waals surface area (Å²) in [6, 6.07) is 5.64. The average molecular weight is 355 g/mol. The second-order valence-electron chi connectivity index (χ2n) is 5.58. The Balaban J connectivity index is 2.00. The van der Waals surface area contributed by atoms with E-state index >= 15 is 0 Å². The molecule has 1 fully saturated rings. The van der Waals surface area contributed by atoms with Crippen LogP contribution in [0, 0.1) is 5.92 Å². The number of piperidine rings is 1. The lowest BCUT2D eigenvalue weighted by Crippen LogP contribution is -2.38. The first kappa shape index (κ1) is 16.4. The zero-order valence-corrected chi connectivity index (χ0v) is 13.9. The number of nitrogens with two attached hydrogens (primary N) is 1. The van der Waals surface area contributed by atoms with E-state index in [1.807, 2.05) is 25.2 Å². The van der Waals surface area contributed by atoms with E-state index in [9.17, 15) is 4.79 Å². The fraction of sp³-hybridized carbons (Fsp3) is 0.533. The van der Waals surface area contributed by atoms with Crippen molar-refractivity contribution in [3.05, 3.63) is 33.8 Å². The first-order valence-corrected chi connectivity index (χ1v) is 8.09. The molecule has 0 bridgehead atoms. The lowest BCUT2D eigenvalue weighted by Gasteiger charge is -2.33. The smallest absolute Gasteiger partial charge is 0.265 e. The van der Waals surface area contributed by atoms with Gasteiger partial charge in [0.2, 0.25) is 0 Å². The van der Waals surface area contributed by atoms with Crippen molar-refractivity contribution in [3.8, 4) is 0 Å². The maximum atomic E-state index is 11.5. The van der Waals surface area contributed by atoms with Crippen molar-refractivity contribution in [1.82, 2.24) is 15.6 Å². The molecule has 1 amide bonds. The van der Waals surface area contributed by atoms with Gasteiger partial charge in [-0.1, -0.05) is 22.0 Å². The molecule has 0 spiro atoms. The third kappa shape index (κ3) is 4.51. The summed E-state index contributed by atoms with van der Waals surface area (Å²) in [7, 11) is 2.01. The molecule has 1 aromatic carbocycles. The van der Waals surface area contributed by atoms with Crippen LogP contribution in [0.2, 0.25) is 0 Å². The maximum absolute atomic E-state index is 11.5. The summed E-state index contributed by atoms with van der Waals surface area (Å²) in [6.07, 6.45) is 2.55. The standard InChI is InChI=1S/C15H23BrN4O/c1-18-8-11-3-2-6-20(9-11)10-13-5-4-12(7-14(13)16)15(21)19-17/h4-5,7,11,18H,2-3,6,8-10,17H2,1H3,(H,19,21). The van der Waals surface area contributed by atoms with Crippen LogP contribution in [0.5, 0.6) is 0 Å². The molecule has 2 rings (SSSR count). The molecule has 1 aromatic rings. The lowest BCUT2D eigenvalue weighted by atomic mass is 9.97. The summed E-state index contributed by atoms with van der Waals surface area (Å²) in [5.74, 6) is 5.61. The number of hydrogen-bond acceptors (Lipinski definition) is 4. The minimum Gasteiger partial charge on any atom is -0.319 e. The number of hydrazine groups is 1. The van der Waals surface area contributed by atoms with E-state index < -0.39 is 0 Å². The number of amides is 1. The van der Waals surface area contributed by atoms with Crippen LogP contribution in [0.25, 0.3) is 0 Å². The molecule has 21 heavy (non-hydrogen) atoms. The van der Waals surface area contributed by atoms with E-state index in [1.54, 1.807) is 0 Å². The van der Waals surface area contributed by atoms with Gasteiger partial charge in [0.05, 0.1) is 0 Å². The zero-order chi connectivity index (χ0) is 15.2. The largest absolute Gasteiger partial charge is 0.319 e. The van der Waals surface area contributed by atoms with Gasteiger partial charge in [-0.2, -0.15) is 0 Å². The van der Waals surface area contributed by atoms with Gasteiger partial charge in [-0.3, -0.25) is 15.1 Å². The molecule has 0 saturated carbocycles. The lowest BCUT2D eigenvalue weighted by molar-refractivity contribution is 0.0953. The summed E-state index contributed by atoms with van der Waals surface area (Å²) >= 11 is 3.56. The van der Waals surface area contributed by atoms with Crippen LogP contribution in [0.3, 0.4) is 0 Å². The fourth-order valence-electron chi connectivity index (χ4n) is 2.89. The van der Waals surface area contributed by atoms with Crippen LogP contribution in [-0.4, -0.2) is 37.5 Å². The van der Waals surface area contributed by atoms with Gasteiger partial charge in [0.1, 0.15) is 0 Å². The Morgan fingerprint density at radius 3 is 3.00 bits per heavy atom. The van der Waals surface area contributed by atoms with Crippen LogP contribution in [0.1, 0.15) is 28.8 Å². The predicted molar refractivity (Wildman–Crippen MR) is 87.7 cm³/mol. The van der Waals surface area contributed by atoms with Gasteiger partial charge < -0.3 is 5.32 Å². The predicted octanol–water partition coefficient (Wildman–Crippen LogP) is 1.48. The monoisotopic (exact) mass is 354 g/mol. The van der Waals surface area contributed by atoms with Crippen molar-refractivity contribution >= 4 is 21.8 Å². The topological polar surface area (TPSA) is 70.4 Å². The zero-order valence-electron chi connectivity index (χ0n) is 12.4. The van der Waals surface area contributed by atoms with E-state index in [1.165, 1.54) is 18.4 Å². The molecule has 0 aromatic heterocycles. The summed E-state index contributed by atoms with van der Waals surface area (Å²) in [5, 5.41) is 3.27. The van der Waals surface area contributed by atoms with Gasteiger partial charge in [-0.15, -0.1) is 0 Å². The molecular formula is C15H23BrN4O. The molecule has 5 nitrogen and oxygen atoms in total. The SMILES string of the molecule is CNCC1CCCN(Cc2ccc(C(=O)NN)cc2Br)C1. The van der Waals surface area contributed by atoms with Gasteiger partial charge in [0.25, 0.3) is 5.91 Å². The molecule has 0 radical (unpaired) electrons. The summed E-state index contributed by atoms with van der Waals surface area (Å²) in [6.45, 7) is 4.24. The van der Waals surface area contributed by atoms with Crippen molar-refractivity contribution in [2.45, 2.75) is 19.4 Å². The number of benzene rings is 1. The number of rotatable bonds is 5. The average Bonchev–Trinajstić information content (AvgIpc) is 2.49. The molecule has 1 aliphatic rings. The van der Waals surface area contributed by atoms with Gasteiger partial charge in [-0.25, -0.2) is 5.84 Å². The van der Waals surface area contributed by atoms with E-state index in [4.69, 9.17) is 5.84 Å². The Hall–Kier alpha value is -0.950. The van der Waals surface area contributed by atoms with Crippen molar-refractivity contribution in [2.75, 3.05) is 26.7 Å². The van der Waals surface area contributed by atoms with Gasteiger partial charge >= 0.3 is 0 Å². The normalized spacial score (nSPS) is 19.5. The first-order valence-electron chi connectivity index (χ1n) is 7.30. The Kier molecular flexibility index (Phi) is 6.17. The summed E-state index contributed by atoms with van der Waals surface area (Å²) < 4.78 is 0.958. The van der Waals surface area contributed by atoms with Gasteiger partial charge in [0, 0.05) is 23.1 Å². The maximum Gasteiger partial charge on any atom is 0.265 e. The van der Waals surface area contributed by atoms with Crippen LogP contribution in [0.15, 0.2) is 22.7 Å². The van der Waals surface area contributed by atoms with Crippen LogP contribution >= 0.6 is 15.9 Å². The third-order valence-electron chi connectivity index (χ3n) is 3.94. The van der Waals surface area contributed by atoms with E-state index in [-0.39, 0.29) is 5.91 Å². The van der Waals surface area contributed by atoms with Crippen molar-refractivity contribution in [3.63, 3.8) is 0 Å². The Morgan fingerprint density at radius 1 is 1.52 bits per heavy atom. The van der Waals surface area contributed by atoms with Gasteiger partial charge in [-0.05, 0) is 56.6 Å². The van der Waals surface area contributed by atoms with Crippen molar-refractivity contribution in [2.24, 2.45) is 11.8 Å². The van der Waals surface area contributed by atoms with E-state index in [0.29, 0.717) is 5.56 Å². The summed E-state index contributed by atoms with van der Waals surface area (Å²) in [5.41, 5.74) is 3.92. The van der Waals surface area contributed by atoms with Crippen LogP contribution in [-0.2, 0) is 6.54 Å². The molecule has 1 saturated heterocycles. The highest BCUT2D eigenvalue weighted by Gasteiger charge is 2.20. The number of nitrogens with zero attached hydrogens (tertiary/aromatic N) is 1. The van der Waals surface area contributed by atoms with Crippen molar-refractivity contribution < 1.29 is 4.79 Å². The van der Waals surface area contributed by atoms with Crippen LogP contribution in [0.4, 0.5) is 0 Å². The third-order valence-corrected chi connectivity index (χ3v) is 4.67. The highest BCUT2D eigenvalue weighted by Crippen LogP contribution is 2.23.